The summed E-state index contributed by atoms with van der Waals surface area (Å²) in [6, 6.07) is 6.70. The highest BCUT2D eigenvalue weighted by Gasteiger charge is 2.28. The summed E-state index contributed by atoms with van der Waals surface area (Å²) in [4.78, 5) is 11.5. The summed E-state index contributed by atoms with van der Waals surface area (Å²) < 4.78 is 19.1. The smallest absolute Gasteiger partial charge is 0.245 e. The standard InChI is InChI=1S/C14H9BrClFN2O2/c15-8-3-6(1-2-10(8)17)21-12-5-11-7(4-9(12)16)13(18)14(20)19-11/h1-5,13H,18H2,(H,19,20). The van der Waals surface area contributed by atoms with Gasteiger partial charge in [0, 0.05) is 17.3 Å². The zero-order chi connectivity index (χ0) is 15.1. The van der Waals surface area contributed by atoms with Gasteiger partial charge in [0.25, 0.3) is 0 Å². The normalized spacial score (nSPS) is 16.6. The van der Waals surface area contributed by atoms with Gasteiger partial charge in [-0.15, -0.1) is 0 Å². The minimum Gasteiger partial charge on any atom is -0.456 e. The number of fused-ring (bicyclic) bond motifs is 1. The number of anilines is 1. The van der Waals surface area contributed by atoms with Crippen LogP contribution in [0.4, 0.5) is 10.1 Å². The van der Waals surface area contributed by atoms with Crippen molar-refractivity contribution in [2.45, 2.75) is 6.04 Å². The summed E-state index contributed by atoms with van der Waals surface area (Å²) in [5.41, 5.74) is 6.92. The van der Waals surface area contributed by atoms with Crippen molar-refractivity contribution in [2.75, 3.05) is 5.32 Å². The lowest BCUT2D eigenvalue weighted by atomic mass is 10.1. The topological polar surface area (TPSA) is 64.4 Å². The summed E-state index contributed by atoms with van der Waals surface area (Å²) >= 11 is 9.22. The first-order valence-corrected chi connectivity index (χ1v) is 7.15. The fraction of sp³-hybridized carbons (Fsp3) is 0.0714. The molecule has 1 amide bonds. The molecule has 0 fully saturated rings. The van der Waals surface area contributed by atoms with E-state index in [1.165, 1.54) is 18.2 Å². The Labute approximate surface area is 133 Å². The summed E-state index contributed by atoms with van der Waals surface area (Å²) in [6.45, 7) is 0. The second-order valence-corrected chi connectivity index (χ2v) is 5.78. The molecule has 0 saturated carbocycles. The second-order valence-electron chi connectivity index (χ2n) is 4.51. The second kappa shape index (κ2) is 5.29. The van der Waals surface area contributed by atoms with E-state index in [1.54, 1.807) is 12.1 Å². The third-order valence-electron chi connectivity index (χ3n) is 3.10. The van der Waals surface area contributed by atoms with E-state index in [4.69, 9.17) is 22.1 Å². The van der Waals surface area contributed by atoms with Gasteiger partial charge in [-0.25, -0.2) is 4.39 Å². The molecular formula is C14H9BrClFN2O2. The number of carbonyl (C=O) groups is 1. The van der Waals surface area contributed by atoms with Gasteiger partial charge in [-0.1, -0.05) is 11.6 Å². The van der Waals surface area contributed by atoms with Crippen LogP contribution < -0.4 is 15.8 Å². The van der Waals surface area contributed by atoms with Crippen LogP contribution in [0.15, 0.2) is 34.8 Å². The largest absolute Gasteiger partial charge is 0.456 e. The molecule has 0 radical (unpaired) electrons. The number of nitrogens with two attached hydrogens (primary N) is 1. The predicted molar refractivity (Wildman–Crippen MR) is 81.2 cm³/mol. The third-order valence-corrected chi connectivity index (χ3v) is 4.00. The van der Waals surface area contributed by atoms with Crippen molar-refractivity contribution in [3.05, 3.63) is 51.2 Å². The van der Waals surface area contributed by atoms with Gasteiger partial charge in [0.05, 0.1) is 9.50 Å². The van der Waals surface area contributed by atoms with Crippen LogP contribution in [0.25, 0.3) is 0 Å². The van der Waals surface area contributed by atoms with E-state index in [2.05, 4.69) is 21.2 Å². The van der Waals surface area contributed by atoms with Crippen molar-refractivity contribution in [2.24, 2.45) is 5.73 Å². The Bertz CT molecular complexity index is 754. The van der Waals surface area contributed by atoms with Crippen LogP contribution in [0.3, 0.4) is 0 Å². The van der Waals surface area contributed by atoms with Crippen LogP contribution in [0.2, 0.25) is 5.02 Å². The number of ether oxygens (including phenoxy) is 1. The molecule has 3 rings (SSSR count). The number of nitrogens with one attached hydrogen (secondary N) is 1. The highest BCUT2D eigenvalue weighted by atomic mass is 79.9. The molecule has 1 heterocycles. The van der Waals surface area contributed by atoms with E-state index in [9.17, 15) is 9.18 Å². The van der Waals surface area contributed by atoms with Crippen molar-refractivity contribution in [3.8, 4) is 11.5 Å². The Morgan fingerprint density at radius 1 is 1.33 bits per heavy atom. The van der Waals surface area contributed by atoms with Gasteiger partial charge >= 0.3 is 0 Å². The molecule has 2 aromatic rings. The lowest BCUT2D eigenvalue weighted by Crippen LogP contribution is -2.19. The number of halogens is 3. The maximum absolute atomic E-state index is 13.2. The van der Waals surface area contributed by atoms with E-state index in [0.717, 1.165) is 0 Å². The minimum absolute atomic E-state index is 0.285. The minimum atomic E-state index is -0.730. The fourth-order valence-electron chi connectivity index (χ4n) is 2.03. The van der Waals surface area contributed by atoms with Gasteiger partial charge in [0.2, 0.25) is 5.91 Å². The zero-order valence-corrected chi connectivity index (χ0v) is 12.8. The highest BCUT2D eigenvalue weighted by molar-refractivity contribution is 9.10. The van der Waals surface area contributed by atoms with Crippen LogP contribution in [-0.4, -0.2) is 5.91 Å². The van der Waals surface area contributed by atoms with Crippen molar-refractivity contribution >= 4 is 39.1 Å². The summed E-state index contributed by atoms with van der Waals surface area (Å²) in [7, 11) is 0. The number of hydrogen-bond acceptors (Lipinski definition) is 3. The maximum atomic E-state index is 13.2. The quantitative estimate of drug-likeness (QED) is 0.839. The summed E-state index contributed by atoms with van der Waals surface area (Å²) in [5.74, 6) is 0.0884. The third kappa shape index (κ3) is 2.62. The van der Waals surface area contributed by atoms with Crippen LogP contribution in [0, 0.1) is 5.82 Å². The van der Waals surface area contributed by atoms with E-state index < -0.39 is 6.04 Å². The van der Waals surface area contributed by atoms with Gasteiger partial charge in [0.15, 0.2) is 0 Å². The number of carbonyl (C=O) groups excluding carboxylic acids is 1. The number of rotatable bonds is 2. The monoisotopic (exact) mass is 370 g/mol. The van der Waals surface area contributed by atoms with Gasteiger partial charge in [-0.2, -0.15) is 0 Å². The van der Waals surface area contributed by atoms with Gasteiger partial charge in [-0.05, 0) is 40.2 Å². The lowest BCUT2D eigenvalue weighted by molar-refractivity contribution is -0.116. The Kier molecular flexibility index (Phi) is 3.61. The van der Waals surface area contributed by atoms with Crippen molar-refractivity contribution in [1.82, 2.24) is 0 Å². The Morgan fingerprint density at radius 2 is 2.10 bits per heavy atom. The molecule has 21 heavy (non-hydrogen) atoms. The SMILES string of the molecule is NC1C(=O)Nc2cc(Oc3ccc(F)c(Br)c3)c(Cl)cc21. The Hall–Kier alpha value is -1.63. The molecule has 0 bridgehead atoms. The average molecular weight is 372 g/mol. The summed E-state index contributed by atoms with van der Waals surface area (Å²) in [6.07, 6.45) is 0. The van der Waals surface area contributed by atoms with E-state index >= 15 is 0 Å². The van der Waals surface area contributed by atoms with Crippen molar-refractivity contribution in [1.29, 1.82) is 0 Å². The predicted octanol–water partition coefficient (Wildman–Crippen LogP) is 3.99. The molecule has 1 aliphatic heterocycles. The molecule has 1 atom stereocenters. The first-order valence-electron chi connectivity index (χ1n) is 5.98. The highest BCUT2D eigenvalue weighted by Crippen LogP contribution is 2.39. The van der Waals surface area contributed by atoms with Crippen LogP contribution in [-0.2, 0) is 4.79 Å². The molecule has 0 spiro atoms. The van der Waals surface area contributed by atoms with Gasteiger partial charge in [-0.3, -0.25) is 4.79 Å². The summed E-state index contributed by atoms with van der Waals surface area (Å²) in [5, 5.41) is 2.97. The first-order chi connectivity index (χ1) is 9.95. The number of hydrogen-bond donors (Lipinski definition) is 2. The molecule has 4 nitrogen and oxygen atoms in total. The lowest BCUT2D eigenvalue weighted by Gasteiger charge is -2.10. The molecule has 0 aliphatic carbocycles. The molecule has 1 aliphatic rings. The molecular weight excluding hydrogens is 363 g/mol. The molecule has 7 heteroatoms. The molecule has 2 aromatic carbocycles. The molecule has 0 saturated heterocycles. The van der Waals surface area contributed by atoms with E-state index in [-0.39, 0.29) is 16.2 Å². The van der Waals surface area contributed by atoms with Gasteiger partial charge in [0.1, 0.15) is 23.4 Å². The maximum Gasteiger partial charge on any atom is 0.245 e. The van der Waals surface area contributed by atoms with E-state index in [0.29, 0.717) is 27.8 Å². The average Bonchev–Trinajstić information content (AvgIpc) is 2.70. The van der Waals surface area contributed by atoms with Gasteiger partial charge < -0.3 is 15.8 Å². The molecule has 108 valence electrons. The Morgan fingerprint density at radius 3 is 2.81 bits per heavy atom. The molecule has 1 unspecified atom stereocenters. The van der Waals surface area contributed by atoms with E-state index in [1.807, 2.05) is 0 Å². The van der Waals surface area contributed by atoms with Crippen molar-refractivity contribution < 1.29 is 13.9 Å². The molecule has 3 N–H and O–H groups in total. The van der Waals surface area contributed by atoms with Crippen LogP contribution in [0.1, 0.15) is 11.6 Å². The Balaban J connectivity index is 1.95. The fourth-order valence-corrected chi connectivity index (χ4v) is 2.60. The zero-order valence-electron chi connectivity index (χ0n) is 10.5. The first kappa shape index (κ1) is 14.3. The number of benzene rings is 2. The van der Waals surface area contributed by atoms with Crippen LogP contribution in [0.5, 0.6) is 11.5 Å². The molecule has 0 aromatic heterocycles. The van der Waals surface area contributed by atoms with Crippen LogP contribution >= 0.6 is 27.5 Å². The number of amides is 1. The van der Waals surface area contributed by atoms with Crippen molar-refractivity contribution in [3.63, 3.8) is 0 Å².